The van der Waals surface area contributed by atoms with Gasteiger partial charge in [-0.05, 0) is 17.9 Å². The molecule has 0 N–H and O–H groups in total. The highest BCUT2D eigenvalue weighted by molar-refractivity contribution is 6.74. The van der Waals surface area contributed by atoms with Crippen LogP contribution in [0.1, 0.15) is 41.0 Å². The third kappa shape index (κ3) is 2.96. The van der Waals surface area contributed by atoms with Gasteiger partial charge in [-0.3, -0.25) is 4.98 Å². The monoisotopic (exact) mass is 328 g/mol. The molecular weight excluding hydrogens is 295 g/mol. The number of rotatable bonds is 3. The molecule has 0 spiro atoms. The maximum Gasteiger partial charge on any atom is 0.206 e. The minimum Gasteiger partial charge on any atom is -0.353 e. The van der Waals surface area contributed by atoms with E-state index in [4.69, 9.17) is 9.97 Å². The van der Waals surface area contributed by atoms with Crippen molar-refractivity contribution in [2.75, 3.05) is 38.1 Å². The molecular formula is C19H33BN4. The second kappa shape index (κ2) is 6.32. The van der Waals surface area contributed by atoms with Crippen molar-refractivity contribution in [3.63, 3.8) is 0 Å². The lowest BCUT2D eigenvalue weighted by Crippen LogP contribution is -2.45. The fourth-order valence-electron chi connectivity index (χ4n) is 4.79. The summed E-state index contributed by atoms with van der Waals surface area (Å²) in [5, 5.41) is 0. The average molecular weight is 328 g/mol. The molecule has 2 fully saturated rings. The molecule has 0 amide bonds. The van der Waals surface area contributed by atoms with Crippen LogP contribution in [-0.4, -0.2) is 54.8 Å². The molecule has 24 heavy (non-hydrogen) atoms. The zero-order valence-electron chi connectivity index (χ0n) is 16.3. The number of piperazine rings is 1. The Hall–Kier alpha value is -1.10. The van der Waals surface area contributed by atoms with Gasteiger partial charge in [0.15, 0.2) is 0 Å². The van der Waals surface area contributed by atoms with Crippen LogP contribution >= 0.6 is 0 Å². The van der Waals surface area contributed by atoms with E-state index in [1.165, 1.54) is 18.3 Å². The summed E-state index contributed by atoms with van der Waals surface area (Å²) < 4.78 is 0. The summed E-state index contributed by atoms with van der Waals surface area (Å²) in [4.78, 5) is 14.4. The number of likely N-dealkylation sites (N-methyl/N-ethyl adjacent to an activating group) is 1. The molecule has 1 aromatic rings. The first-order chi connectivity index (χ1) is 11.3. The van der Waals surface area contributed by atoms with Crippen LogP contribution in [0.5, 0.6) is 0 Å². The van der Waals surface area contributed by atoms with E-state index in [2.05, 4.69) is 57.7 Å². The second-order valence-corrected chi connectivity index (χ2v) is 9.02. The molecule has 5 heteroatoms. The Balaban J connectivity index is 1.78. The van der Waals surface area contributed by atoms with Crippen LogP contribution in [0.25, 0.3) is 0 Å². The lowest BCUT2D eigenvalue weighted by molar-refractivity contribution is 0.143. The Bertz CT molecular complexity index is 561. The van der Waals surface area contributed by atoms with Crippen LogP contribution in [0.15, 0.2) is 12.4 Å². The van der Waals surface area contributed by atoms with Crippen molar-refractivity contribution in [3.8, 4) is 0 Å². The van der Waals surface area contributed by atoms with Gasteiger partial charge >= 0.3 is 0 Å². The quantitative estimate of drug-likeness (QED) is 0.799. The molecule has 1 atom stereocenters. The lowest BCUT2D eigenvalue weighted by Gasteiger charge is -2.39. The third-order valence-corrected chi connectivity index (χ3v) is 7.19. The Morgan fingerprint density at radius 2 is 1.75 bits per heavy atom. The number of hydrogen-bond acceptors (Lipinski definition) is 4. The van der Waals surface area contributed by atoms with Crippen LogP contribution in [0.4, 0.5) is 5.82 Å². The molecule has 0 radical (unpaired) electrons. The molecule has 0 aliphatic carbocycles. The van der Waals surface area contributed by atoms with E-state index in [0.29, 0.717) is 23.4 Å². The van der Waals surface area contributed by atoms with Crippen molar-refractivity contribution in [2.45, 2.75) is 53.2 Å². The highest BCUT2D eigenvalue weighted by Gasteiger charge is 2.55. The first kappa shape index (κ1) is 17.7. The van der Waals surface area contributed by atoms with E-state index in [9.17, 15) is 0 Å². The van der Waals surface area contributed by atoms with Gasteiger partial charge in [0.2, 0.25) is 6.71 Å². The van der Waals surface area contributed by atoms with Crippen LogP contribution in [0, 0.1) is 10.8 Å². The zero-order valence-corrected chi connectivity index (χ0v) is 16.3. The summed E-state index contributed by atoms with van der Waals surface area (Å²) >= 11 is 0. The molecule has 0 aromatic carbocycles. The fraction of sp³-hybridized carbons (Fsp3) is 0.789. The Morgan fingerprint density at radius 3 is 2.29 bits per heavy atom. The van der Waals surface area contributed by atoms with Gasteiger partial charge in [0, 0.05) is 38.0 Å². The van der Waals surface area contributed by atoms with Crippen molar-refractivity contribution in [2.24, 2.45) is 10.8 Å². The van der Waals surface area contributed by atoms with Gasteiger partial charge in [0.1, 0.15) is 5.82 Å². The Labute approximate surface area is 148 Å². The largest absolute Gasteiger partial charge is 0.353 e. The maximum absolute atomic E-state index is 4.87. The van der Waals surface area contributed by atoms with Gasteiger partial charge in [-0.25, -0.2) is 4.98 Å². The molecule has 0 bridgehead atoms. The number of hydrogen-bond donors (Lipinski definition) is 0. The Morgan fingerprint density at radius 1 is 1.08 bits per heavy atom. The van der Waals surface area contributed by atoms with Crippen molar-refractivity contribution in [3.05, 3.63) is 12.4 Å². The summed E-state index contributed by atoms with van der Waals surface area (Å²) in [6.07, 6.45) is 6.48. The van der Waals surface area contributed by atoms with Gasteiger partial charge in [-0.15, -0.1) is 0 Å². The van der Waals surface area contributed by atoms with E-state index in [1.807, 2.05) is 6.20 Å². The van der Waals surface area contributed by atoms with Crippen LogP contribution in [0.2, 0.25) is 12.1 Å². The van der Waals surface area contributed by atoms with E-state index in [-0.39, 0.29) is 0 Å². The first-order valence-corrected chi connectivity index (χ1v) is 9.51. The number of aromatic nitrogens is 2. The SMILES string of the molecule is CCC1B(c2cnc(N3CCN(C)CC3)cn2)CC(C)(C)C1(C)C. The van der Waals surface area contributed by atoms with Crippen molar-refractivity contribution in [1.82, 2.24) is 14.9 Å². The van der Waals surface area contributed by atoms with Crippen LogP contribution in [0.3, 0.4) is 0 Å². The smallest absolute Gasteiger partial charge is 0.206 e. The molecule has 2 saturated heterocycles. The standard InChI is InChI=1S/C19H33BN4/c1-7-15-19(4,5)18(2,3)14-20(15)16-12-22-17(13-21-16)24-10-8-23(6)9-11-24/h12-13,15H,7-11,14H2,1-6H3. The minimum absolute atomic E-state index is 0.338. The Kier molecular flexibility index (Phi) is 4.67. The first-order valence-electron chi connectivity index (χ1n) is 9.51. The van der Waals surface area contributed by atoms with E-state index >= 15 is 0 Å². The van der Waals surface area contributed by atoms with Crippen LogP contribution < -0.4 is 10.5 Å². The number of nitrogens with zero attached hydrogens (tertiary/aromatic N) is 4. The molecule has 0 saturated carbocycles. The molecule has 1 unspecified atom stereocenters. The van der Waals surface area contributed by atoms with Crippen LogP contribution in [-0.2, 0) is 0 Å². The van der Waals surface area contributed by atoms with Gasteiger partial charge < -0.3 is 9.80 Å². The minimum atomic E-state index is 0.338. The average Bonchev–Trinajstić information content (AvgIpc) is 2.73. The molecule has 4 nitrogen and oxygen atoms in total. The summed E-state index contributed by atoms with van der Waals surface area (Å²) in [5.41, 5.74) is 1.87. The van der Waals surface area contributed by atoms with E-state index in [1.54, 1.807) is 0 Å². The summed E-state index contributed by atoms with van der Waals surface area (Å²) in [6.45, 7) is 16.9. The van der Waals surface area contributed by atoms with E-state index < -0.39 is 0 Å². The molecule has 1 aromatic heterocycles. The van der Waals surface area contributed by atoms with Gasteiger partial charge in [0.25, 0.3) is 0 Å². The molecule has 3 rings (SSSR count). The third-order valence-electron chi connectivity index (χ3n) is 7.19. The van der Waals surface area contributed by atoms with Crippen molar-refractivity contribution in [1.29, 1.82) is 0 Å². The normalized spacial score (nSPS) is 26.8. The van der Waals surface area contributed by atoms with Crippen molar-refractivity contribution >= 4 is 18.1 Å². The predicted molar refractivity (Wildman–Crippen MR) is 104 cm³/mol. The fourth-order valence-corrected chi connectivity index (χ4v) is 4.79. The highest BCUT2D eigenvalue weighted by Crippen LogP contribution is 2.59. The highest BCUT2D eigenvalue weighted by atomic mass is 15.3. The lowest BCUT2D eigenvalue weighted by atomic mass is 9.38. The summed E-state index contributed by atoms with van der Waals surface area (Å²) in [5.74, 6) is 1.72. The van der Waals surface area contributed by atoms with E-state index in [0.717, 1.165) is 32.0 Å². The second-order valence-electron chi connectivity index (χ2n) is 9.02. The summed E-state index contributed by atoms with van der Waals surface area (Å²) in [6, 6.07) is 0. The molecule has 3 heterocycles. The summed E-state index contributed by atoms with van der Waals surface area (Å²) in [7, 11) is 2.18. The van der Waals surface area contributed by atoms with Gasteiger partial charge in [-0.1, -0.05) is 53.2 Å². The zero-order chi connectivity index (χ0) is 17.5. The number of anilines is 1. The van der Waals surface area contributed by atoms with Gasteiger partial charge in [-0.2, -0.15) is 0 Å². The van der Waals surface area contributed by atoms with Crippen molar-refractivity contribution < 1.29 is 0 Å². The maximum atomic E-state index is 4.87. The van der Waals surface area contributed by atoms with Gasteiger partial charge in [0.05, 0.1) is 6.20 Å². The topological polar surface area (TPSA) is 32.3 Å². The molecule has 2 aliphatic heterocycles. The molecule has 132 valence electrons. The predicted octanol–water partition coefficient (Wildman–Crippen LogP) is 2.78. The molecule has 2 aliphatic rings.